The second-order valence-electron chi connectivity index (χ2n) is 6.57. The lowest BCUT2D eigenvalue weighted by Crippen LogP contribution is -2.20. The predicted molar refractivity (Wildman–Crippen MR) is 110 cm³/mol. The van der Waals surface area contributed by atoms with Gasteiger partial charge in [0.1, 0.15) is 5.75 Å². The first-order valence-corrected chi connectivity index (χ1v) is 8.97. The van der Waals surface area contributed by atoms with E-state index in [1.54, 1.807) is 0 Å². The number of hydrogen-bond donors (Lipinski definition) is 2. The molecule has 0 unspecified atom stereocenters. The summed E-state index contributed by atoms with van der Waals surface area (Å²) in [7, 11) is 0. The summed E-state index contributed by atoms with van der Waals surface area (Å²) in [5.74, 6) is 0.502. The molecule has 0 aromatic heterocycles. The summed E-state index contributed by atoms with van der Waals surface area (Å²) in [5.41, 5.74) is 5.39. The highest BCUT2D eigenvalue weighted by Crippen LogP contribution is 2.15. The number of anilines is 2. The molecule has 3 aromatic carbocycles. The standard InChI is InChI=1S/C23H24N2O2/c1-17-3-7-19(8-4-17)15-24-20-9-11-21(12-10-20)25-23(26)16-27-22-13-5-18(2)6-14-22/h3-14,24H,15-16H2,1-2H3,(H,25,26). The number of aryl methyl sites for hydroxylation is 2. The number of carbonyl (C=O) groups excluding carboxylic acids is 1. The lowest BCUT2D eigenvalue weighted by atomic mass is 10.1. The number of ether oxygens (including phenoxy) is 1. The van der Waals surface area contributed by atoms with Gasteiger partial charge in [-0.05, 0) is 55.8 Å². The van der Waals surface area contributed by atoms with E-state index in [1.165, 1.54) is 11.1 Å². The zero-order valence-electron chi connectivity index (χ0n) is 15.7. The third-order valence-electron chi connectivity index (χ3n) is 4.18. The Bertz CT molecular complexity index is 870. The maximum absolute atomic E-state index is 12.0. The Labute approximate surface area is 160 Å². The van der Waals surface area contributed by atoms with Crippen molar-refractivity contribution in [2.75, 3.05) is 17.2 Å². The number of hydrogen-bond acceptors (Lipinski definition) is 3. The van der Waals surface area contributed by atoms with Crippen LogP contribution < -0.4 is 15.4 Å². The second-order valence-corrected chi connectivity index (χ2v) is 6.57. The van der Waals surface area contributed by atoms with Crippen molar-refractivity contribution < 1.29 is 9.53 Å². The lowest BCUT2D eigenvalue weighted by Gasteiger charge is -2.10. The molecule has 138 valence electrons. The van der Waals surface area contributed by atoms with Crippen molar-refractivity contribution in [3.63, 3.8) is 0 Å². The van der Waals surface area contributed by atoms with Crippen LogP contribution in [0.15, 0.2) is 72.8 Å². The molecule has 0 saturated heterocycles. The van der Waals surface area contributed by atoms with Crippen LogP contribution in [0.2, 0.25) is 0 Å². The molecule has 1 amide bonds. The molecule has 0 bridgehead atoms. The molecule has 4 heteroatoms. The fraction of sp³-hybridized carbons (Fsp3) is 0.174. The molecule has 0 aliphatic rings. The van der Waals surface area contributed by atoms with Crippen LogP contribution in [0.3, 0.4) is 0 Å². The number of rotatable bonds is 7. The van der Waals surface area contributed by atoms with Gasteiger partial charge in [-0.1, -0.05) is 47.5 Å². The second kappa shape index (κ2) is 8.90. The molecular formula is C23H24N2O2. The molecule has 0 atom stereocenters. The number of nitrogens with one attached hydrogen (secondary N) is 2. The van der Waals surface area contributed by atoms with Gasteiger partial charge in [0.05, 0.1) is 0 Å². The van der Waals surface area contributed by atoms with Crippen LogP contribution in [-0.2, 0) is 11.3 Å². The minimum Gasteiger partial charge on any atom is -0.484 e. The molecule has 0 spiro atoms. The molecule has 0 aliphatic carbocycles. The summed E-state index contributed by atoms with van der Waals surface area (Å²) >= 11 is 0. The molecule has 0 saturated carbocycles. The van der Waals surface area contributed by atoms with E-state index in [9.17, 15) is 4.79 Å². The van der Waals surface area contributed by atoms with E-state index in [2.05, 4.69) is 41.8 Å². The molecular weight excluding hydrogens is 336 g/mol. The summed E-state index contributed by atoms with van der Waals surface area (Å²) in [6.07, 6.45) is 0. The van der Waals surface area contributed by atoms with Crippen molar-refractivity contribution in [1.82, 2.24) is 0 Å². The predicted octanol–water partition coefficient (Wildman–Crippen LogP) is 4.93. The van der Waals surface area contributed by atoms with Crippen LogP contribution in [0, 0.1) is 13.8 Å². The Hall–Kier alpha value is -3.27. The third kappa shape index (κ3) is 5.89. The third-order valence-corrected chi connectivity index (χ3v) is 4.18. The van der Waals surface area contributed by atoms with Crippen LogP contribution in [0.25, 0.3) is 0 Å². The van der Waals surface area contributed by atoms with Crippen LogP contribution in [0.4, 0.5) is 11.4 Å². The van der Waals surface area contributed by atoms with E-state index in [0.29, 0.717) is 5.75 Å². The van der Waals surface area contributed by atoms with Crippen molar-refractivity contribution in [3.05, 3.63) is 89.5 Å². The molecule has 3 aromatic rings. The zero-order chi connectivity index (χ0) is 19.1. The lowest BCUT2D eigenvalue weighted by molar-refractivity contribution is -0.118. The van der Waals surface area contributed by atoms with E-state index in [-0.39, 0.29) is 12.5 Å². The van der Waals surface area contributed by atoms with Gasteiger partial charge in [-0.3, -0.25) is 4.79 Å². The highest BCUT2D eigenvalue weighted by Gasteiger charge is 2.04. The van der Waals surface area contributed by atoms with Gasteiger partial charge in [0.15, 0.2) is 6.61 Å². The first-order chi connectivity index (χ1) is 13.1. The van der Waals surface area contributed by atoms with Crippen molar-refractivity contribution >= 4 is 17.3 Å². The maximum Gasteiger partial charge on any atom is 0.262 e. The van der Waals surface area contributed by atoms with Gasteiger partial charge in [0, 0.05) is 17.9 Å². The fourth-order valence-corrected chi connectivity index (χ4v) is 2.56. The number of benzene rings is 3. The first kappa shape index (κ1) is 18.5. The Morgan fingerprint density at radius 3 is 1.96 bits per heavy atom. The Morgan fingerprint density at radius 1 is 0.778 bits per heavy atom. The van der Waals surface area contributed by atoms with Gasteiger partial charge in [0.2, 0.25) is 0 Å². The van der Waals surface area contributed by atoms with Crippen molar-refractivity contribution in [1.29, 1.82) is 0 Å². The zero-order valence-corrected chi connectivity index (χ0v) is 15.7. The Kier molecular flexibility index (Phi) is 6.10. The molecule has 0 aliphatic heterocycles. The van der Waals surface area contributed by atoms with Crippen molar-refractivity contribution in [3.8, 4) is 5.75 Å². The highest BCUT2D eigenvalue weighted by molar-refractivity contribution is 5.92. The van der Waals surface area contributed by atoms with Gasteiger partial charge in [-0.15, -0.1) is 0 Å². The number of carbonyl (C=O) groups is 1. The van der Waals surface area contributed by atoms with Gasteiger partial charge >= 0.3 is 0 Å². The van der Waals surface area contributed by atoms with E-state index >= 15 is 0 Å². The van der Waals surface area contributed by atoms with Crippen molar-refractivity contribution in [2.45, 2.75) is 20.4 Å². The average Bonchev–Trinajstić information content (AvgIpc) is 2.68. The summed E-state index contributed by atoms with van der Waals surface area (Å²) in [4.78, 5) is 12.0. The Morgan fingerprint density at radius 2 is 1.33 bits per heavy atom. The molecule has 0 fully saturated rings. The van der Waals surface area contributed by atoms with Gasteiger partial charge in [-0.25, -0.2) is 0 Å². The minimum absolute atomic E-state index is 0.0174. The summed E-state index contributed by atoms with van der Waals surface area (Å²) in [5, 5.41) is 6.21. The summed E-state index contributed by atoms with van der Waals surface area (Å²) in [6, 6.07) is 23.7. The van der Waals surface area contributed by atoms with Crippen LogP contribution >= 0.6 is 0 Å². The van der Waals surface area contributed by atoms with Crippen LogP contribution in [0.1, 0.15) is 16.7 Å². The van der Waals surface area contributed by atoms with E-state index in [1.807, 2.05) is 55.5 Å². The van der Waals surface area contributed by atoms with E-state index in [4.69, 9.17) is 4.74 Å². The smallest absolute Gasteiger partial charge is 0.262 e. The van der Waals surface area contributed by atoms with E-state index in [0.717, 1.165) is 23.5 Å². The Balaban J connectivity index is 1.45. The minimum atomic E-state index is -0.184. The van der Waals surface area contributed by atoms with Gasteiger partial charge in [0.25, 0.3) is 5.91 Å². The highest BCUT2D eigenvalue weighted by atomic mass is 16.5. The quantitative estimate of drug-likeness (QED) is 0.628. The maximum atomic E-state index is 12.0. The number of amides is 1. The van der Waals surface area contributed by atoms with Crippen LogP contribution in [-0.4, -0.2) is 12.5 Å². The summed E-state index contributed by atoms with van der Waals surface area (Å²) in [6.45, 7) is 4.83. The molecule has 4 nitrogen and oxygen atoms in total. The largest absolute Gasteiger partial charge is 0.484 e. The SMILES string of the molecule is Cc1ccc(CNc2ccc(NC(=O)COc3ccc(C)cc3)cc2)cc1. The van der Waals surface area contributed by atoms with Crippen molar-refractivity contribution in [2.24, 2.45) is 0 Å². The first-order valence-electron chi connectivity index (χ1n) is 8.97. The average molecular weight is 360 g/mol. The van der Waals surface area contributed by atoms with E-state index < -0.39 is 0 Å². The van der Waals surface area contributed by atoms with Crippen LogP contribution in [0.5, 0.6) is 5.75 Å². The van der Waals surface area contributed by atoms with Gasteiger partial charge < -0.3 is 15.4 Å². The summed E-state index contributed by atoms with van der Waals surface area (Å²) < 4.78 is 5.49. The fourth-order valence-electron chi connectivity index (χ4n) is 2.56. The van der Waals surface area contributed by atoms with Gasteiger partial charge in [-0.2, -0.15) is 0 Å². The molecule has 2 N–H and O–H groups in total. The normalized spacial score (nSPS) is 10.3. The molecule has 27 heavy (non-hydrogen) atoms. The molecule has 0 heterocycles. The topological polar surface area (TPSA) is 50.4 Å². The molecule has 0 radical (unpaired) electrons. The molecule has 3 rings (SSSR count). The monoisotopic (exact) mass is 360 g/mol.